The molecule has 7 heteroatoms. The van der Waals surface area contributed by atoms with Crippen LogP contribution in [0.4, 0.5) is 0 Å². The van der Waals surface area contributed by atoms with E-state index < -0.39 is 16.8 Å². The fourth-order valence-electron chi connectivity index (χ4n) is 1.15. The van der Waals surface area contributed by atoms with Crippen molar-refractivity contribution in [3.8, 4) is 5.75 Å². The minimum absolute atomic E-state index is 0.0966. The lowest BCUT2D eigenvalue weighted by molar-refractivity contribution is -0.146. The first-order chi connectivity index (χ1) is 8.97. The molecule has 0 fully saturated rings. The normalized spacial score (nSPS) is 10.3. The zero-order chi connectivity index (χ0) is 14.3. The van der Waals surface area contributed by atoms with Gasteiger partial charge in [0.2, 0.25) is 0 Å². The van der Waals surface area contributed by atoms with Crippen LogP contribution in [0, 0.1) is 0 Å². The van der Waals surface area contributed by atoms with E-state index in [1.807, 2.05) is 0 Å². The molecule has 104 valence electrons. The third kappa shape index (κ3) is 7.25. The van der Waals surface area contributed by atoms with Crippen LogP contribution in [0.2, 0.25) is 5.02 Å². The average Bonchev–Trinajstić information content (AvgIpc) is 2.34. The van der Waals surface area contributed by atoms with Gasteiger partial charge in [-0.1, -0.05) is 17.7 Å². The first-order valence-corrected chi connectivity index (χ1v) is 6.62. The molecule has 1 aromatic carbocycles. The molecule has 0 heterocycles. The Morgan fingerprint density at radius 1 is 1.16 bits per heavy atom. The molecule has 1 rings (SSSR count). The minimum atomic E-state index is -0.776. The fraction of sp³-hybridized carbons (Fsp3) is 0.333. The van der Waals surface area contributed by atoms with Crippen LogP contribution in [0.25, 0.3) is 0 Å². The summed E-state index contributed by atoms with van der Waals surface area (Å²) in [7, 11) is 0. The lowest BCUT2D eigenvalue weighted by Crippen LogP contribution is -2.14. The monoisotopic (exact) mass is 324 g/mol. The first kappa shape index (κ1) is 16.1. The van der Waals surface area contributed by atoms with E-state index in [4.69, 9.17) is 44.3 Å². The smallest absolute Gasteiger partial charge is 0.311 e. The van der Waals surface area contributed by atoms with Crippen molar-refractivity contribution in [1.29, 1.82) is 0 Å². The molecule has 0 aromatic heterocycles. The van der Waals surface area contributed by atoms with Crippen molar-refractivity contribution in [2.24, 2.45) is 0 Å². The summed E-state index contributed by atoms with van der Waals surface area (Å²) in [6.07, 6.45) is -0.194. The number of alkyl halides is 2. The summed E-state index contributed by atoms with van der Waals surface area (Å²) in [5.41, 5.74) is 0. The van der Waals surface area contributed by atoms with Crippen molar-refractivity contribution in [3.05, 3.63) is 29.3 Å². The standard InChI is InChI=1S/C12H11Cl3O4/c13-8-2-1-3-9(6-8)19-12(17)5-4-11(16)18-7-10(14)15/h1-3,6,10H,4-5,7H2. The molecule has 0 aliphatic carbocycles. The number of carbonyl (C=O) groups is 2. The van der Waals surface area contributed by atoms with Crippen molar-refractivity contribution in [3.63, 3.8) is 0 Å². The Bertz CT molecular complexity index is 448. The number of esters is 2. The van der Waals surface area contributed by atoms with E-state index >= 15 is 0 Å². The van der Waals surface area contributed by atoms with Gasteiger partial charge in [0.05, 0.1) is 12.8 Å². The summed E-state index contributed by atoms with van der Waals surface area (Å²) in [6, 6.07) is 6.41. The van der Waals surface area contributed by atoms with Gasteiger partial charge in [-0.2, -0.15) is 0 Å². The van der Waals surface area contributed by atoms with Crippen molar-refractivity contribution in [1.82, 2.24) is 0 Å². The van der Waals surface area contributed by atoms with Crippen LogP contribution in [-0.4, -0.2) is 23.4 Å². The van der Waals surface area contributed by atoms with Gasteiger partial charge >= 0.3 is 11.9 Å². The van der Waals surface area contributed by atoms with E-state index in [1.165, 1.54) is 6.07 Å². The summed E-state index contributed by atoms with van der Waals surface area (Å²) in [5.74, 6) is -0.783. The molecule has 4 nitrogen and oxygen atoms in total. The van der Waals surface area contributed by atoms with Crippen LogP contribution >= 0.6 is 34.8 Å². The lowest BCUT2D eigenvalue weighted by atomic mass is 10.3. The molecule has 0 saturated heterocycles. The van der Waals surface area contributed by atoms with E-state index in [1.54, 1.807) is 18.2 Å². The van der Waals surface area contributed by atoms with Gasteiger partial charge in [0.25, 0.3) is 0 Å². The predicted molar refractivity (Wildman–Crippen MR) is 72.8 cm³/mol. The molecule has 0 N–H and O–H groups in total. The highest BCUT2D eigenvalue weighted by atomic mass is 35.5. The van der Waals surface area contributed by atoms with E-state index in [0.29, 0.717) is 10.8 Å². The lowest BCUT2D eigenvalue weighted by Gasteiger charge is -2.06. The molecule has 19 heavy (non-hydrogen) atoms. The summed E-state index contributed by atoms with van der Waals surface area (Å²) in [4.78, 5) is 21.9. The first-order valence-electron chi connectivity index (χ1n) is 5.37. The van der Waals surface area contributed by atoms with Gasteiger partial charge in [-0.05, 0) is 18.2 Å². The van der Waals surface area contributed by atoms with Crippen molar-refractivity contribution in [2.75, 3.05) is 6.61 Å². The highest BCUT2D eigenvalue weighted by Gasteiger charge is 2.11. The van der Waals surface area contributed by atoms with Crippen LogP contribution in [0.15, 0.2) is 24.3 Å². The summed E-state index contributed by atoms with van der Waals surface area (Å²) in [6.45, 7) is -0.106. The van der Waals surface area contributed by atoms with E-state index in [9.17, 15) is 9.59 Å². The molecular formula is C12H11Cl3O4. The molecule has 0 spiro atoms. The number of hydrogen-bond donors (Lipinski definition) is 0. The van der Waals surface area contributed by atoms with Crippen LogP contribution in [0.3, 0.4) is 0 Å². The van der Waals surface area contributed by atoms with Crippen molar-refractivity contribution >= 4 is 46.7 Å². The number of halogens is 3. The Balaban J connectivity index is 2.30. The Labute approximate surface area is 125 Å². The third-order valence-corrected chi connectivity index (χ3v) is 2.42. The van der Waals surface area contributed by atoms with Crippen LogP contribution < -0.4 is 4.74 Å². The van der Waals surface area contributed by atoms with Gasteiger partial charge in [-0.15, -0.1) is 23.2 Å². The molecule has 0 aliphatic rings. The number of ether oxygens (including phenoxy) is 2. The van der Waals surface area contributed by atoms with Gasteiger partial charge in [0.15, 0.2) is 0 Å². The topological polar surface area (TPSA) is 52.6 Å². The highest BCUT2D eigenvalue weighted by Crippen LogP contribution is 2.17. The highest BCUT2D eigenvalue weighted by molar-refractivity contribution is 6.44. The fourth-order valence-corrected chi connectivity index (χ4v) is 1.45. The SMILES string of the molecule is O=C(CCC(=O)Oc1cccc(Cl)c1)OCC(Cl)Cl. The molecule has 0 atom stereocenters. The second-order valence-electron chi connectivity index (χ2n) is 3.51. The third-order valence-electron chi connectivity index (χ3n) is 1.93. The zero-order valence-electron chi connectivity index (χ0n) is 9.77. The number of carbonyl (C=O) groups excluding carboxylic acids is 2. The van der Waals surface area contributed by atoms with Gasteiger partial charge < -0.3 is 9.47 Å². The maximum atomic E-state index is 11.4. The van der Waals surface area contributed by atoms with Crippen molar-refractivity contribution < 1.29 is 19.1 Å². The second kappa shape index (κ2) is 8.25. The van der Waals surface area contributed by atoms with Gasteiger partial charge in [-0.3, -0.25) is 9.59 Å². The van der Waals surface area contributed by atoms with Gasteiger partial charge in [0.1, 0.15) is 17.2 Å². The quantitative estimate of drug-likeness (QED) is 0.457. The Kier molecular flexibility index (Phi) is 6.99. The summed E-state index contributed by atoms with van der Waals surface area (Å²) < 4.78 is 9.68. The molecule has 0 unspecified atom stereocenters. The molecule has 0 saturated carbocycles. The van der Waals surface area contributed by atoms with Crippen LogP contribution in [-0.2, 0) is 14.3 Å². The number of hydrogen-bond acceptors (Lipinski definition) is 4. The Morgan fingerprint density at radius 2 is 1.84 bits per heavy atom. The Hall–Kier alpha value is -0.970. The van der Waals surface area contributed by atoms with Gasteiger partial charge in [0, 0.05) is 5.02 Å². The predicted octanol–water partition coefficient (Wildman–Crippen LogP) is 3.37. The van der Waals surface area contributed by atoms with E-state index in [-0.39, 0.29) is 19.4 Å². The van der Waals surface area contributed by atoms with Crippen LogP contribution in [0.1, 0.15) is 12.8 Å². The van der Waals surface area contributed by atoms with Crippen LogP contribution in [0.5, 0.6) is 5.75 Å². The van der Waals surface area contributed by atoms with E-state index in [2.05, 4.69) is 0 Å². The molecule has 0 amide bonds. The summed E-state index contributed by atoms with van der Waals surface area (Å²) in [5, 5.41) is 0.458. The maximum Gasteiger partial charge on any atom is 0.311 e. The van der Waals surface area contributed by atoms with Crippen molar-refractivity contribution in [2.45, 2.75) is 17.7 Å². The maximum absolute atomic E-state index is 11.4. The molecule has 0 radical (unpaired) electrons. The largest absolute Gasteiger partial charge is 0.463 e. The van der Waals surface area contributed by atoms with E-state index in [0.717, 1.165) is 0 Å². The molecular weight excluding hydrogens is 314 g/mol. The molecule has 1 aromatic rings. The minimum Gasteiger partial charge on any atom is -0.463 e. The number of benzene rings is 1. The number of rotatable bonds is 6. The Morgan fingerprint density at radius 3 is 2.47 bits per heavy atom. The average molecular weight is 326 g/mol. The molecule has 0 bridgehead atoms. The summed E-state index contributed by atoms with van der Waals surface area (Å²) >= 11 is 16.5. The van der Waals surface area contributed by atoms with Gasteiger partial charge in [-0.25, -0.2) is 0 Å². The molecule has 0 aliphatic heterocycles. The second-order valence-corrected chi connectivity index (χ2v) is 5.22. The zero-order valence-corrected chi connectivity index (χ0v) is 12.0.